The highest BCUT2D eigenvalue weighted by Crippen LogP contribution is 2.60. The molecule has 1 unspecified atom stereocenters. The molecule has 0 radical (unpaired) electrons. The smallest absolute Gasteiger partial charge is 0.333 e. The molecule has 2 fully saturated rings. The van der Waals surface area contributed by atoms with Crippen LogP contribution in [0.1, 0.15) is 60.8 Å². The van der Waals surface area contributed by atoms with Gasteiger partial charge in [-0.25, -0.2) is 4.79 Å². The van der Waals surface area contributed by atoms with E-state index >= 15 is 0 Å². The van der Waals surface area contributed by atoms with Crippen LogP contribution < -0.4 is 0 Å². The maximum absolute atomic E-state index is 12.1. The van der Waals surface area contributed by atoms with E-state index in [4.69, 9.17) is 4.74 Å². The third-order valence-corrected chi connectivity index (χ3v) is 5.17. The lowest BCUT2D eigenvalue weighted by Crippen LogP contribution is -2.33. The standard InChI is InChI=1S/C19H30O2/c1-7-8-19(6)11-14(17(20)21-12-19)10-16-15(9-13(2)3)18(16,4)5/h9-10,15-16H,7-8,11-12H2,1-6H3/b14-10+/t15-,16-,19?/m1/s1. The average molecular weight is 290 g/mol. The van der Waals surface area contributed by atoms with Gasteiger partial charge in [0, 0.05) is 11.0 Å². The molecule has 0 aromatic carbocycles. The summed E-state index contributed by atoms with van der Waals surface area (Å²) in [5, 5.41) is 0. The second-order valence-electron chi connectivity index (χ2n) is 8.12. The van der Waals surface area contributed by atoms with Crippen LogP contribution in [0, 0.1) is 22.7 Å². The Morgan fingerprint density at radius 2 is 1.95 bits per heavy atom. The molecule has 0 bridgehead atoms. The van der Waals surface area contributed by atoms with Crippen LogP contribution in [-0.4, -0.2) is 12.6 Å². The van der Waals surface area contributed by atoms with Gasteiger partial charge < -0.3 is 4.74 Å². The van der Waals surface area contributed by atoms with Crippen molar-refractivity contribution in [1.29, 1.82) is 0 Å². The summed E-state index contributed by atoms with van der Waals surface area (Å²) in [4.78, 5) is 12.1. The summed E-state index contributed by atoms with van der Waals surface area (Å²) in [7, 11) is 0. The monoisotopic (exact) mass is 290 g/mol. The number of esters is 1. The molecule has 21 heavy (non-hydrogen) atoms. The van der Waals surface area contributed by atoms with Crippen molar-refractivity contribution >= 4 is 5.97 Å². The van der Waals surface area contributed by atoms with Gasteiger partial charge in [-0.3, -0.25) is 0 Å². The van der Waals surface area contributed by atoms with E-state index in [1.807, 2.05) is 0 Å². The quantitative estimate of drug-likeness (QED) is 0.418. The molecule has 2 heteroatoms. The Morgan fingerprint density at radius 3 is 2.52 bits per heavy atom. The number of rotatable bonds is 4. The van der Waals surface area contributed by atoms with Gasteiger partial charge in [-0.05, 0) is 43.9 Å². The number of cyclic esters (lactones) is 1. The van der Waals surface area contributed by atoms with Crippen molar-refractivity contribution in [3.8, 4) is 0 Å². The van der Waals surface area contributed by atoms with E-state index in [0.29, 0.717) is 18.4 Å². The zero-order valence-electron chi connectivity index (χ0n) is 14.5. The van der Waals surface area contributed by atoms with Crippen molar-refractivity contribution in [2.24, 2.45) is 22.7 Å². The fourth-order valence-electron chi connectivity index (χ4n) is 3.74. The Balaban J connectivity index is 2.16. The van der Waals surface area contributed by atoms with E-state index in [2.05, 4.69) is 53.7 Å². The lowest BCUT2D eigenvalue weighted by molar-refractivity contribution is -0.147. The molecule has 1 aliphatic carbocycles. The Kier molecular flexibility index (Phi) is 4.37. The molecule has 2 nitrogen and oxygen atoms in total. The lowest BCUT2D eigenvalue weighted by atomic mass is 9.78. The summed E-state index contributed by atoms with van der Waals surface area (Å²) in [6, 6.07) is 0. The number of carbonyl (C=O) groups excluding carboxylic acids is 1. The van der Waals surface area contributed by atoms with Crippen molar-refractivity contribution in [3.05, 3.63) is 23.3 Å². The first-order valence-electron chi connectivity index (χ1n) is 8.22. The molecule has 2 rings (SSSR count). The van der Waals surface area contributed by atoms with Gasteiger partial charge in [-0.2, -0.15) is 0 Å². The van der Waals surface area contributed by atoms with Gasteiger partial charge in [-0.1, -0.05) is 51.8 Å². The molecule has 0 amide bonds. The second kappa shape index (κ2) is 5.62. The summed E-state index contributed by atoms with van der Waals surface area (Å²) in [6.07, 6.45) is 7.67. The molecule has 118 valence electrons. The Hall–Kier alpha value is -1.05. The predicted molar refractivity (Wildman–Crippen MR) is 86.9 cm³/mol. The van der Waals surface area contributed by atoms with Gasteiger partial charge in [0.2, 0.25) is 0 Å². The summed E-state index contributed by atoms with van der Waals surface area (Å²) < 4.78 is 5.45. The van der Waals surface area contributed by atoms with Crippen LogP contribution in [0.25, 0.3) is 0 Å². The number of hydrogen-bond donors (Lipinski definition) is 0. The Labute approximate surface area is 129 Å². The van der Waals surface area contributed by atoms with E-state index < -0.39 is 0 Å². The summed E-state index contributed by atoms with van der Waals surface area (Å²) in [5.74, 6) is 0.934. The number of allylic oxidation sites excluding steroid dienone is 3. The zero-order chi connectivity index (χ0) is 15.8. The van der Waals surface area contributed by atoms with Crippen LogP contribution in [-0.2, 0) is 9.53 Å². The van der Waals surface area contributed by atoms with Crippen LogP contribution in [0.5, 0.6) is 0 Å². The maximum atomic E-state index is 12.1. The topological polar surface area (TPSA) is 26.3 Å². The SMILES string of the molecule is CCCC1(C)COC(=O)/C(=C/[C@@H]2[C@@H](C=C(C)C)C2(C)C)C1. The van der Waals surface area contributed by atoms with Crippen LogP contribution in [0.2, 0.25) is 0 Å². The van der Waals surface area contributed by atoms with Gasteiger partial charge in [0.1, 0.15) is 0 Å². The first-order valence-corrected chi connectivity index (χ1v) is 8.22. The van der Waals surface area contributed by atoms with Gasteiger partial charge in [0.05, 0.1) is 6.61 Å². The molecule has 1 saturated heterocycles. The van der Waals surface area contributed by atoms with Gasteiger partial charge in [-0.15, -0.1) is 0 Å². The highest BCUT2D eigenvalue weighted by atomic mass is 16.5. The normalized spacial score (nSPS) is 36.3. The first kappa shape index (κ1) is 16.3. The van der Waals surface area contributed by atoms with Gasteiger partial charge in [0.25, 0.3) is 0 Å². The summed E-state index contributed by atoms with van der Waals surface area (Å²) in [6.45, 7) is 13.9. The Bertz CT molecular complexity index is 480. The maximum Gasteiger partial charge on any atom is 0.333 e. The molecule has 1 saturated carbocycles. The lowest BCUT2D eigenvalue weighted by Gasteiger charge is -2.33. The van der Waals surface area contributed by atoms with Crippen molar-refractivity contribution in [2.75, 3.05) is 6.61 Å². The van der Waals surface area contributed by atoms with Crippen molar-refractivity contribution in [3.63, 3.8) is 0 Å². The predicted octanol–water partition coefficient (Wildman–Crippen LogP) is 4.90. The molecule has 0 N–H and O–H groups in total. The molecule has 3 atom stereocenters. The van der Waals surface area contributed by atoms with Crippen molar-refractivity contribution < 1.29 is 9.53 Å². The second-order valence-corrected chi connectivity index (χ2v) is 8.12. The van der Waals surface area contributed by atoms with E-state index in [1.165, 1.54) is 5.57 Å². The molecule has 2 aliphatic rings. The molecule has 0 spiro atoms. The molecule has 0 aromatic heterocycles. The number of ether oxygens (including phenoxy) is 1. The van der Waals surface area contributed by atoms with Crippen LogP contribution in [0.3, 0.4) is 0 Å². The first-order chi connectivity index (χ1) is 9.69. The van der Waals surface area contributed by atoms with E-state index in [-0.39, 0.29) is 16.8 Å². The van der Waals surface area contributed by atoms with Gasteiger partial charge in [0.15, 0.2) is 0 Å². The van der Waals surface area contributed by atoms with Gasteiger partial charge >= 0.3 is 5.97 Å². The van der Waals surface area contributed by atoms with Crippen LogP contribution >= 0.6 is 0 Å². The highest BCUT2D eigenvalue weighted by Gasteiger charge is 2.55. The number of carbonyl (C=O) groups is 1. The largest absolute Gasteiger partial charge is 0.462 e. The Morgan fingerprint density at radius 1 is 1.29 bits per heavy atom. The van der Waals surface area contributed by atoms with Crippen molar-refractivity contribution in [2.45, 2.75) is 60.8 Å². The van der Waals surface area contributed by atoms with Crippen LogP contribution in [0.4, 0.5) is 0 Å². The van der Waals surface area contributed by atoms with Crippen molar-refractivity contribution in [1.82, 2.24) is 0 Å². The van der Waals surface area contributed by atoms with E-state index in [9.17, 15) is 4.79 Å². The summed E-state index contributed by atoms with van der Waals surface area (Å²) in [5.41, 5.74) is 2.65. The fraction of sp³-hybridized carbons (Fsp3) is 0.737. The van der Waals surface area contributed by atoms with E-state index in [0.717, 1.165) is 24.8 Å². The minimum absolute atomic E-state index is 0.0952. The minimum Gasteiger partial charge on any atom is -0.462 e. The zero-order valence-corrected chi connectivity index (χ0v) is 14.5. The van der Waals surface area contributed by atoms with E-state index in [1.54, 1.807) is 0 Å². The fourth-order valence-corrected chi connectivity index (χ4v) is 3.74. The summed E-state index contributed by atoms with van der Waals surface area (Å²) >= 11 is 0. The highest BCUT2D eigenvalue weighted by molar-refractivity contribution is 5.89. The third kappa shape index (κ3) is 3.41. The molecular formula is C19H30O2. The average Bonchev–Trinajstić information content (AvgIpc) is 2.85. The third-order valence-electron chi connectivity index (χ3n) is 5.17. The minimum atomic E-state index is -0.0952. The number of hydrogen-bond acceptors (Lipinski definition) is 2. The molecule has 1 heterocycles. The van der Waals surface area contributed by atoms with Crippen LogP contribution in [0.15, 0.2) is 23.3 Å². The molecule has 0 aromatic rings. The molecular weight excluding hydrogens is 260 g/mol. The molecule has 1 aliphatic heterocycles.